The van der Waals surface area contributed by atoms with E-state index in [9.17, 15) is 4.79 Å². The Morgan fingerprint density at radius 1 is 1.09 bits per heavy atom. The second kappa shape index (κ2) is 8.29. The Hall–Kier alpha value is -3.21. The molecule has 0 saturated carbocycles. The van der Waals surface area contributed by atoms with Gasteiger partial charge in [0.15, 0.2) is 5.70 Å². The predicted molar refractivity (Wildman–Crippen MR) is 88.7 cm³/mol. The number of carbonyl (C=O) groups is 1. The van der Waals surface area contributed by atoms with E-state index in [2.05, 4.69) is 10.2 Å². The van der Waals surface area contributed by atoms with Gasteiger partial charge in [0, 0.05) is 0 Å². The van der Waals surface area contributed by atoms with E-state index >= 15 is 0 Å². The van der Waals surface area contributed by atoms with Crippen LogP contribution in [0.25, 0.3) is 6.08 Å². The molecule has 0 bridgehead atoms. The number of nitrogens with zero attached hydrogens (tertiary/aromatic N) is 2. The number of ether oxygens (including phenoxy) is 1. The first-order chi connectivity index (χ1) is 11.2. The lowest BCUT2D eigenvalue weighted by molar-refractivity contribution is -0.111. The van der Waals surface area contributed by atoms with Crippen molar-refractivity contribution in [2.75, 3.05) is 7.11 Å². The summed E-state index contributed by atoms with van der Waals surface area (Å²) < 4.78 is 5.06. The predicted octanol–water partition coefficient (Wildman–Crippen LogP) is 4.46. The van der Waals surface area contributed by atoms with Crippen molar-refractivity contribution in [1.82, 2.24) is 0 Å². The van der Waals surface area contributed by atoms with Crippen LogP contribution < -0.4 is 4.74 Å². The molecule has 2 rings (SSSR count). The van der Waals surface area contributed by atoms with Crippen molar-refractivity contribution in [2.24, 2.45) is 10.2 Å². The molecule has 0 aliphatic heterocycles. The number of rotatable bonds is 6. The Bertz CT molecular complexity index is 733. The molecule has 5 nitrogen and oxygen atoms in total. The molecule has 5 heteroatoms. The third kappa shape index (κ3) is 4.93. The van der Waals surface area contributed by atoms with Gasteiger partial charge in [0.1, 0.15) is 12.0 Å². The van der Waals surface area contributed by atoms with Crippen molar-refractivity contribution in [1.29, 1.82) is 0 Å². The van der Waals surface area contributed by atoms with Gasteiger partial charge in [-0.05, 0) is 35.9 Å². The maximum Gasteiger partial charge on any atom is 0.209 e. The molecule has 0 saturated heterocycles. The molecule has 23 heavy (non-hydrogen) atoms. The summed E-state index contributed by atoms with van der Waals surface area (Å²) in [6.45, 7) is 0. The second-order valence-corrected chi connectivity index (χ2v) is 4.52. The van der Waals surface area contributed by atoms with Crippen LogP contribution in [0.5, 0.6) is 5.75 Å². The number of hydrogen-bond donors (Lipinski definition) is 1. The first kappa shape index (κ1) is 16.2. The van der Waals surface area contributed by atoms with Gasteiger partial charge in [-0.2, -0.15) is 5.11 Å². The van der Waals surface area contributed by atoms with Crippen LogP contribution in [-0.2, 0) is 4.79 Å². The number of hydrogen-bond acceptors (Lipinski definition) is 5. The van der Waals surface area contributed by atoms with Crippen LogP contribution in [0, 0.1) is 0 Å². The largest absolute Gasteiger partial charge is 0.513 e. The number of allylic oxidation sites excluding steroid dienone is 1. The van der Waals surface area contributed by atoms with E-state index < -0.39 is 5.78 Å². The van der Waals surface area contributed by atoms with Crippen molar-refractivity contribution in [3.05, 3.63) is 78.2 Å². The summed E-state index contributed by atoms with van der Waals surface area (Å²) in [5, 5.41) is 16.8. The second-order valence-electron chi connectivity index (χ2n) is 4.52. The van der Waals surface area contributed by atoms with Gasteiger partial charge in [0.05, 0.1) is 12.8 Å². The van der Waals surface area contributed by atoms with Gasteiger partial charge >= 0.3 is 0 Å². The van der Waals surface area contributed by atoms with Gasteiger partial charge in [-0.1, -0.05) is 36.4 Å². The highest BCUT2D eigenvalue weighted by Gasteiger charge is 2.05. The molecule has 2 aromatic rings. The molecule has 116 valence electrons. The fourth-order valence-corrected chi connectivity index (χ4v) is 1.72. The standard InChI is InChI=1S/C18H16N2O3/c1-23-16-10-7-14(8-11-16)9-12-18(22)17(13-21)20-19-15-5-3-2-4-6-15/h2-13,21H,1H3/b12-9+,17-13+,20-19?. The number of methoxy groups -OCH3 is 1. The number of azo groups is 1. The van der Waals surface area contributed by atoms with Gasteiger partial charge in [-0.25, -0.2) is 0 Å². The maximum absolute atomic E-state index is 12.0. The molecular formula is C18H16N2O3. The normalized spacial score (nSPS) is 12.0. The highest BCUT2D eigenvalue weighted by Crippen LogP contribution is 2.14. The maximum atomic E-state index is 12.0. The van der Waals surface area contributed by atoms with E-state index in [4.69, 9.17) is 9.84 Å². The van der Waals surface area contributed by atoms with E-state index in [0.717, 1.165) is 11.3 Å². The fourth-order valence-electron chi connectivity index (χ4n) is 1.72. The van der Waals surface area contributed by atoms with Gasteiger partial charge in [-0.3, -0.25) is 4.79 Å². The van der Waals surface area contributed by atoms with E-state index in [0.29, 0.717) is 11.9 Å². The third-order valence-electron chi connectivity index (χ3n) is 2.95. The Morgan fingerprint density at radius 2 is 1.78 bits per heavy atom. The Balaban J connectivity index is 2.05. The summed E-state index contributed by atoms with van der Waals surface area (Å²) in [5.74, 6) is 0.295. The van der Waals surface area contributed by atoms with Crippen LogP contribution in [0.3, 0.4) is 0 Å². The van der Waals surface area contributed by atoms with Crippen molar-refractivity contribution >= 4 is 17.5 Å². The van der Waals surface area contributed by atoms with Crippen molar-refractivity contribution in [2.45, 2.75) is 0 Å². The lowest BCUT2D eigenvalue weighted by Crippen LogP contribution is -1.95. The van der Waals surface area contributed by atoms with E-state index in [-0.39, 0.29) is 5.70 Å². The van der Waals surface area contributed by atoms with Gasteiger partial charge in [0.2, 0.25) is 5.78 Å². The first-order valence-electron chi connectivity index (χ1n) is 6.90. The molecule has 0 radical (unpaired) electrons. The summed E-state index contributed by atoms with van der Waals surface area (Å²) in [6.07, 6.45) is 3.60. The minimum absolute atomic E-state index is 0.140. The zero-order valence-electron chi connectivity index (χ0n) is 12.6. The van der Waals surface area contributed by atoms with E-state index in [1.807, 2.05) is 30.3 Å². The van der Waals surface area contributed by atoms with Crippen LogP contribution in [-0.4, -0.2) is 18.0 Å². The molecule has 0 aliphatic rings. The minimum atomic E-state index is -0.442. The number of ketones is 1. The smallest absolute Gasteiger partial charge is 0.209 e. The molecule has 0 heterocycles. The summed E-state index contributed by atoms with van der Waals surface area (Å²) >= 11 is 0. The average molecular weight is 308 g/mol. The quantitative estimate of drug-likeness (QED) is 0.486. The first-order valence-corrected chi connectivity index (χ1v) is 6.90. The van der Waals surface area contributed by atoms with Crippen molar-refractivity contribution in [3.8, 4) is 5.75 Å². The lowest BCUT2D eigenvalue weighted by Gasteiger charge is -1.99. The third-order valence-corrected chi connectivity index (χ3v) is 2.95. The Labute approximate surface area is 134 Å². The molecule has 0 atom stereocenters. The minimum Gasteiger partial charge on any atom is -0.513 e. The van der Waals surface area contributed by atoms with Gasteiger partial charge < -0.3 is 9.84 Å². The zero-order valence-corrected chi connectivity index (χ0v) is 12.6. The Morgan fingerprint density at radius 3 is 2.39 bits per heavy atom. The van der Waals surface area contributed by atoms with Crippen LogP contribution in [0.15, 0.2) is 82.9 Å². The molecule has 0 aliphatic carbocycles. The zero-order chi connectivity index (χ0) is 16.5. The number of benzene rings is 2. The molecule has 0 amide bonds. The molecule has 2 aromatic carbocycles. The monoisotopic (exact) mass is 308 g/mol. The van der Waals surface area contributed by atoms with Gasteiger partial charge in [0.25, 0.3) is 0 Å². The average Bonchev–Trinajstić information content (AvgIpc) is 2.61. The SMILES string of the molecule is COc1ccc(/C=C/C(=O)/C(=C\O)N=Nc2ccccc2)cc1. The Kier molecular flexibility index (Phi) is 5.82. The highest BCUT2D eigenvalue weighted by molar-refractivity contribution is 6.05. The van der Waals surface area contributed by atoms with Crippen molar-refractivity contribution in [3.63, 3.8) is 0 Å². The molecule has 0 fully saturated rings. The summed E-state index contributed by atoms with van der Waals surface area (Å²) in [7, 11) is 1.59. The number of carbonyl (C=O) groups excluding carboxylic acids is 1. The van der Waals surface area contributed by atoms with E-state index in [1.54, 1.807) is 37.5 Å². The number of aliphatic hydroxyl groups is 1. The fraction of sp³-hybridized carbons (Fsp3) is 0.0556. The molecular weight excluding hydrogens is 292 g/mol. The number of aliphatic hydroxyl groups excluding tert-OH is 1. The van der Waals surface area contributed by atoms with Crippen LogP contribution in [0.1, 0.15) is 5.56 Å². The van der Waals surface area contributed by atoms with Crippen LogP contribution in [0.2, 0.25) is 0 Å². The molecule has 0 unspecified atom stereocenters. The lowest BCUT2D eigenvalue weighted by atomic mass is 10.2. The molecule has 0 aromatic heterocycles. The summed E-state index contributed by atoms with van der Waals surface area (Å²) in [4.78, 5) is 12.0. The van der Waals surface area contributed by atoms with Crippen molar-refractivity contribution < 1.29 is 14.6 Å². The van der Waals surface area contributed by atoms with Gasteiger partial charge in [-0.15, -0.1) is 5.11 Å². The molecule has 1 N–H and O–H groups in total. The van der Waals surface area contributed by atoms with Crippen LogP contribution in [0.4, 0.5) is 5.69 Å². The molecule has 0 spiro atoms. The summed E-state index contributed by atoms with van der Waals surface area (Å²) in [6, 6.07) is 16.2. The van der Waals surface area contributed by atoms with Crippen LogP contribution >= 0.6 is 0 Å². The highest BCUT2D eigenvalue weighted by atomic mass is 16.5. The topological polar surface area (TPSA) is 71.2 Å². The summed E-state index contributed by atoms with van der Waals surface area (Å²) in [5.41, 5.74) is 1.29. The van der Waals surface area contributed by atoms with E-state index in [1.165, 1.54) is 6.08 Å².